The van der Waals surface area contributed by atoms with Crippen molar-refractivity contribution >= 4 is 22.7 Å². The van der Waals surface area contributed by atoms with Crippen molar-refractivity contribution in [3.63, 3.8) is 0 Å². The Balaban J connectivity index is 1.81. The number of alkyl halides is 3. The number of methoxy groups -OCH3 is 2. The van der Waals surface area contributed by atoms with Crippen LogP contribution in [0.25, 0.3) is 10.9 Å². The summed E-state index contributed by atoms with van der Waals surface area (Å²) in [5.41, 5.74) is 0.642. The Morgan fingerprint density at radius 1 is 1.21 bits per heavy atom. The third-order valence-corrected chi connectivity index (χ3v) is 4.56. The van der Waals surface area contributed by atoms with Crippen LogP contribution in [0.5, 0.6) is 11.5 Å². The smallest absolute Gasteiger partial charge is 0.492 e. The summed E-state index contributed by atoms with van der Waals surface area (Å²) in [7, 11) is 4.35. The highest BCUT2D eigenvalue weighted by Gasteiger charge is 2.43. The van der Waals surface area contributed by atoms with E-state index in [0.29, 0.717) is 42.3 Å². The summed E-state index contributed by atoms with van der Waals surface area (Å²) in [4.78, 5) is 25.9. The molecule has 0 bridgehead atoms. The van der Waals surface area contributed by atoms with Gasteiger partial charge in [0.25, 0.3) is 0 Å². The van der Waals surface area contributed by atoms with Gasteiger partial charge in [-0.15, -0.1) is 5.06 Å². The van der Waals surface area contributed by atoms with Gasteiger partial charge >= 0.3 is 12.1 Å². The summed E-state index contributed by atoms with van der Waals surface area (Å²) < 4.78 is 47.8. The number of anilines is 1. The normalized spacial score (nSPS) is 17.2. The van der Waals surface area contributed by atoms with E-state index in [9.17, 15) is 18.0 Å². The van der Waals surface area contributed by atoms with Crippen LogP contribution in [0, 0.1) is 0 Å². The molecule has 3 rings (SSSR count). The minimum absolute atomic E-state index is 0.335. The van der Waals surface area contributed by atoms with Crippen molar-refractivity contribution in [1.29, 1.82) is 0 Å². The number of fused-ring (bicyclic) bond motifs is 1. The molecule has 1 unspecified atom stereocenters. The topological polar surface area (TPSA) is 77.0 Å². The monoisotopic (exact) mass is 400 g/mol. The van der Waals surface area contributed by atoms with Gasteiger partial charge in [0.2, 0.25) is 0 Å². The first kappa shape index (κ1) is 19.9. The molecule has 1 fully saturated rings. The van der Waals surface area contributed by atoms with Gasteiger partial charge in [0.05, 0.1) is 25.8 Å². The van der Waals surface area contributed by atoms with Crippen LogP contribution in [0.3, 0.4) is 0 Å². The molecular formula is C17H19F3N4O4. The highest BCUT2D eigenvalue weighted by atomic mass is 19.4. The second-order valence-corrected chi connectivity index (χ2v) is 6.23. The summed E-state index contributed by atoms with van der Waals surface area (Å²) >= 11 is 0. The standard InChI is InChI=1S/C17H19F3N4O4/c1-23(28-16(25)17(18,19)20)10-4-5-24(8-10)15-11-6-13(26-2)14(27-3)7-12(11)21-9-22-15/h6-7,9-10H,4-5,8H2,1-3H3. The Kier molecular flexibility index (Phi) is 5.45. The fraction of sp³-hybridized carbons (Fsp3) is 0.471. The summed E-state index contributed by atoms with van der Waals surface area (Å²) in [6, 6.07) is 3.07. The van der Waals surface area contributed by atoms with Crippen molar-refractivity contribution < 1.29 is 32.3 Å². The molecule has 1 aromatic carbocycles. The number of benzene rings is 1. The highest BCUT2D eigenvalue weighted by Crippen LogP contribution is 2.35. The Morgan fingerprint density at radius 3 is 2.54 bits per heavy atom. The Bertz CT molecular complexity index is 877. The molecule has 0 amide bonds. The van der Waals surface area contributed by atoms with Gasteiger partial charge in [0.1, 0.15) is 12.1 Å². The van der Waals surface area contributed by atoms with Gasteiger partial charge < -0.3 is 19.2 Å². The van der Waals surface area contributed by atoms with Gasteiger partial charge in [0, 0.05) is 31.6 Å². The number of ether oxygens (including phenoxy) is 2. The molecule has 1 saturated heterocycles. The summed E-state index contributed by atoms with van der Waals surface area (Å²) in [6.45, 7) is 0.862. The number of hydrogen-bond donors (Lipinski definition) is 0. The predicted octanol–water partition coefficient (Wildman–Crippen LogP) is 2.18. The SMILES string of the molecule is COc1cc2ncnc(N3CCC(N(C)OC(=O)C(F)(F)F)C3)c2cc1OC. The maximum atomic E-state index is 12.4. The van der Waals surface area contributed by atoms with Gasteiger partial charge in [0.15, 0.2) is 11.5 Å². The first-order valence-electron chi connectivity index (χ1n) is 8.38. The number of aromatic nitrogens is 2. The van der Waals surface area contributed by atoms with Crippen molar-refractivity contribution in [1.82, 2.24) is 15.0 Å². The van der Waals surface area contributed by atoms with Crippen molar-refractivity contribution in [3.05, 3.63) is 18.5 Å². The van der Waals surface area contributed by atoms with E-state index in [-0.39, 0.29) is 0 Å². The van der Waals surface area contributed by atoms with Crippen molar-refractivity contribution in [2.45, 2.75) is 18.6 Å². The third-order valence-electron chi connectivity index (χ3n) is 4.56. The van der Waals surface area contributed by atoms with Crippen LogP contribution in [0.4, 0.5) is 19.0 Å². The zero-order chi connectivity index (χ0) is 20.5. The molecule has 1 aliphatic rings. The molecule has 2 heterocycles. The van der Waals surface area contributed by atoms with Crippen molar-refractivity contribution in [2.75, 3.05) is 39.3 Å². The lowest BCUT2D eigenvalue weighted by molar-refractivity contribution is -0.239. The van der Waals surface area contributed by atoms with Crippen LogP contribution in [-0.2, 0) is 9.63 Å². The average Bonchev–Trinajstić information content (AvgIpc) is 3.15. The molecule has 152 valence electrons. The molecule has 0 spiro atoms. The molecule has 11 heteroatoms. The van der Waals surface area contributed by atoms with Gasteiger partial charge in [-0.3, -0.25) is 0 Å². The summed E-state index contributed by atoms with van der Waals surface area (Å²) in [6.07, 6.45) is -3.13. The number of hydroxylamine groups is 2. The Morgan fingerprint density at radius 2 is 1.89 bits per heavy atom. The number of carbonyl (C=O) groups excluding carboxylic acids is 1. The highest BCUT2D eigenvalue weighted by molar-refractivity contribution is 5.92. The van der Waals surface area contributed by atoms with E-state index in [0.717, 1.165) is 10.4 Å². The molecule has 1 aliphatic heterocycles. The van der Waals surface area contributed by atoms with E-state index in [1.807, 2.05) is 4.90 Å². The van der Waals surface area contributed by atoms with Gasteiger partial charge in [-0.1, -0.05) is 0 Å². The third kappa shape index (κ3) is 3.88. The second kappa shape index (κ2) is 7.66. The number of hydrogen-bond acceptors (Lipinski definition) is 8. The first-order valence-corrected chi connectivity index (χ1v) is 8.38. The molecule has 28 heavy (non-hydrogen) atoms. The maximum absolute atomic E-state index is 12.4. The summed E-state index contributed by atoms with van der Waals surface area (Å²) in [5.74, 6) is -0.586. The zero-order valence-corrected chi connectivity index (χ0v) is 15.5. The van der Waals surface area contributed by atoms with Gasteiger partial charge in [-0.05, 0) is 12.5 Å². The Labute approximate surface area is 158 Å². The molecule has 0 radical (unpaired) electrons. The van der Waals surface area contributed by atoms with Gasteiger partial charge in [-0.2, -0.15) is 13.2 Å². The molecule has 1 atom stereocenters. The molecular weight excluding hydrogens is 381 g/mol. The lowest BCUT2D eigenvalue weighted by Crippen LogP contribution is -2.40. The maximum Gasteiger partial charge on any atom is 0.492 e. The number of nitrogens with zero attached hydrogens (tertiary/aromatic N) is 4. The quantitative estimate of drug-likeness (QED) is 0.707. The lowest BCUT2D eigenvalue weighted by Gasteiger charge is -2.24. The fourth-order valence-electron chi connectivity index (χ4n) is 3.11. The molecule has 0 N–H and O–H groups in total. The van der Waals surface area contributed by atoms with Crippen molar-refractivity contribution in [2.24, 2.45) is 0 Å². The van der Waals surface area contributed by atoms with E-state index in [1.54, 1.807) is 12.1 Å². The van der Waals surface area contributed by atoms with Crippen LogP contribution in [-0.4, -0.2) is 67.6 Å². The first-order chi connectivity index (χ1) is 13.2. The van der Waals surface area contributed by atoms with Crippen LogP contribution in [0.2, 0.25) is 0 Å². The minimum atomic E-state index is -5.04. The van der Waals surface area contributed by atoms with E-state index in [4.69, 9.17) is 9.47 Å². The lowest BCUT2D eigenvalue weighted by atomic mass is 10.2. The minimum Gasteiger partial charge on any atom is -0.493 e. The molecule has 1 aromatic heterocycles. The Hall–Kier alpha value is -2.82. The van der Waals surface area contributed by atoms with E-state index in [2.05, 4.69) is 14.8 Å². The molecule has 0 saturated carbocycles. The number of carbonyl (C=O) groups is 1. The average molecular weight is 400 g/mol. The number of rotatable bonds is 5. The number of likely N-dealkylation sites (N-methyl/N-ethyl adjacent to an activating group) is 1. The van der Waals surface area contributed by atoms with E-state index in [1.165, 1.54) is 27.6 Å². The molecule has 0 aliphatic carbocycles. The van der Waals surface area contributed by atoms with Crippen LogP contribution >= 0.6 is 0 Å². The fourth-order valence-corrected chi connectivity index (χ4v) is 3.11. The van der Waals surface area contributed by atoms with Crippen LogP contribution < -0.4 is 14.4 Å². The zero-order valence-electron chi connectivity index (χ0n) is 15.5. The molecule has 2 aromatic rings. The second-order valence-electron chi connectivity index (χ2n) is 6.23. The van der Waals surface area contributed by atoms with E-state index >= 15 is 0 Å². The predicted molar refractivity (Wildman–Crippen MR) is 93.2 cm³/mol. The van der Waals surface area contributed by atoms with Crippen LogP contribution in [0.15, 0.2) is 18.5 Å². The van der Waals surface area contributed by atoms with Crippen LogP contribution in [0.1, 0.15) is 6.42 Å². The van der Waals surface area contributed by atoms with E-state index < -0.39 is 18.2 Å². The van der Waals surface area contributed by atoms with Crippen molar-refractivity contribution in [3.8, 4) is 11.5 Å². The number of halogens is 3. The van der Waals surface area contributed by atoms with Gasteiger partial charge in [-0.25, -0.2) is 14.8 Å². The largest absolute Gasteiger partial charge is 0.493 e. The summed E-state index contributed by atoms with van der Waals surface area (Å²) in [5, 5.41) is 1.67. The molecule has 8 nitrogen and oxygen atoms in total.